The van der Waals surface area contributed by atoms with Crippen molar-refractivity contribution in [2.24, 2.45) is 11.1 Å². The summed E-state index contributed by atoms with van der Waals surface area (Å²) in [5, 5.41) is 0. The molecule has 1 amide bonds. The van der Waals surface area contributed by atoms with E-state index in [0.29, 0.717) is 5.91 Å². The zero-order chi connectivity index (χ0) is 12.2. The van der Waals surface area contributed by atoms with Gasteiger partial charge in [0.2, 0.25) is 5.91 Å². The molecule has 3 heteroatoms. The first kappa shape index (κ1) is 13.5. The number of carbonyl (C=O) groups excluding carboxylic acids is 1. The zero-order valence-electron chi connectivity index (χ0n) is 11.0. The third kappa shape index (κ3) is 2.97. The van der Waals surface area contributed by atoms with Crippen molar-refractivity contribution in [3.05, 3.63) is 0 Å². The maximum Gasteiger partial charge on any atom is 0.228 e. The molecule has 0 heterocycles. The van der Waals surface area contributed by atoms with Crippen molar-refractivity contribution in [1.82, 2.24) is 4.90 Å². The fourth-order valence-electron chi connectivity index (χ4n) is 2.67. The molecule has 0 aliphatic heterocycles. The minimum Gasteiger partial charge on any atom is -0.345 e. The topological polar surface area (TPSA) is 46.3 Å². The van der Waals surface area contributed by atoms with Crippen LogP contribution in [0.15, 0.2) is 0 Å². The van der Waals surface area contributed by atoms with Gasteiger partial charge in [-0.25, -0.2) is 0 Å². The van der Waals surface area contributed by atoms with Gasteiger partial charge in [-0.2, -0.15) is 0 Å². The van der Waals surface area contributed by atoms with Crippen LogP contribution in [0.1, 0.15) is 52.4 Å². The molecule has 0 aromatic carbocycles. The number of rotatable bonds is 5. The van der Waals surface area contributed by atoms with Gasteiger partial charge in [-0.05, 0) is 32.6 Å². The molecular weight excluding hydrogens is 200 g/mol. The van der Waals surface area contributed by atoms with Gasteiger partial charge >= 0.3 is 0 Å². The standard InChI is InChI=1S/C13H26N2O/c1-4-13(8-5-6-9-13)12(16)15(3)10-7-11(2)14/h11H,4-10,14H2,1-3H3. The molecular formula is C13H26N2O. The van der Waals surface area contributed by atoms with E-state index in [1.54, 1.807) is 0 Å². The predicted molar refractivity (Wildman–Crippen MR) is 67.1 cm³/mol. The highest BCUT2D eigenvalue weighted by atomic mass is 16.2. The average Bonchev–Trinajstić information content (AvgIpc) is 2.74. The van der Waals surface area contributed by atoms with Gasteiger partial charge in [-0.3, -0.25) is 4.79 Å². The minimum atomic E-state index is -0.0490. The van der Waals surface area contributed by atoms with Crippen molar-refractivity contribution in [3.63, 3.8) is 0 Å². The van der Waals surface area contributed by atoms with E-state index in [2.05, 4.69) is 6.92 Å². The second-order valence-electron chi connectivity index (χ2n) is 5.33. The molecule has 0 radical (unpaired) electrons. The summed E-state index contributed by atoms with van der Waals surface area (Å²) in [6, 6.07) is 0.177. The quantitative estimate of drug-likeness (QED) is 0.781. The third-order valence-corrected chi connectivity index (χ3v) is 3.96. The van der Waals surface area contributed by atoms with Gasteiger partial charge in [-0.15, -0.1) is 0 Å². The molecule has 16 heavy (non-hydrogen) atoms. The molecule has 3 nitrogen and oxygen atoms in total. The summed E-state index contributed by atoms with van der Waals surface area (Å²) in [6.07, 6.45) is 6.44. The van der Waals surface area contributed by atoms with Gasteiger partial charge in [0.25, 0.3) is 0 Å². The lowest BCUT2D eigenvalue weighted by Crippen LogP contribution is -2.41. The van der Waals surface area contributed by atoms with E-state index in [9.17, 15) is 4.79 Å². The number of nitrogens with two attached hydrogens (primary N) is 1. The van der Waals surface area contributed by atoms with E-state index in [0.717, 1.165) is 32.2 Å². The average molecular weight is 226 g/mol. The molecule has 94 valence electrons. The van der Waals surface area contributed by atoms with Crippen molar-refractivity contribution in [1.29, 1.82) is 0 Å². The Morgan fingerprint density at radius 3 is 2.44 bits per heavy atom. The van der Waals surface area contributed by atoms with Crippen LogP contribution in [0.4, 0.5) is 0 Å². The van der Waals surface area contributed by atoms with Gasteiger partial charge in [0, 0.05) is 25.0 Å². The van der Waals surface area contributed by atoms with Crippen LogP contribution in [0.25, 0.3) is 0 Å². The second kappa shape index (κ2) is 5.67. The SMILES string of the molecule is CCC1(C(=O)N(C)CCC(C)N)CCCC1. The van der Waals surface area contributed by atoms with Crippen LogP contribution >= 0.6 is 0 Å². The van der Waals surface area contributed by atoms with Crippen molar-refractivity contribution in [2.75, 3.05) is 13.6 Å². The molecule has 1 rings (SSSR count). The number of hydrogen-bond donors (Lipinski definition) is 1. The fourth-order valence-corrected chi connectivity index (χ4v) is 2.67. The summed E-state index contributed by atoms with van der Waals surface area (Å²) in [6.45, 7) is 4.92. The van der Waals surface area contributed by atoms with Gasteiger partial charge in [0.05, 0.1) is 0 Å². The van der Waals surface area contributed by atoms with E-state index in [1.165, 1.54) is 12.8 Å². The summed E-state index contributed by atoms with van der Waals surface area (Å²) in [4.78, 5) is 14.3. The van der Waals surface area contributed by atoms with Crippen molar-refractivity contribution in [2.45, 2.75) is 58.4 Å². The van der Waals surface area contributed by atoms with E-state index in [4.69, 9.17) is 5.73 Å². The van der Waals surface area contributed by atoms with Crippen LogP contribution in [0, 0.1) is 5.41 Å². The first-order chi connectivity index (χ1) is 7.52. The predicted octanol–water partition coefficient (Wildman–Crippen LogP) is 2.15. The molecule has 0 aromatic rings. The summed E-state index contributed by atoms with van der Waals surface area (Å²) in [5.74, 6) is 0.341. The lowest BCUT2D eigenvalue weighted by molar-refractivity contribution is -0.140. The van der Waals surface area contributed by atoms with Crippen LogP contribution in [-0.4, -0.2) is 30.4 Å². The van der Waals surface area contributed by atoms with E-state index in [-0.39, 0.29) is 11.5 Å². The van der Waals surface area contributed by atoms with Gasteiger partial charge < -0.3 is 10.6 Å². The summed E-state index contributed by atoms with van der Waals surface area (Å²) >= 11 is 0. The van der Waals surface area contributed by atoms with Crippen LogP contribution in [-0.2, 0) is 4.79 Å². The van der Waals surface area contributed by atoms with E-state index in [1.807, 2.05) is 18.9 Å². The van der Waals surface area contributed by atoms with Crippen molar-refractivity contribution in [3.8, 4) is 0 Å². The van der Waals surface area contributed by atoms with Crippen LogP contribution < -0.4 is 5.73 Å². The van der Waals surface area contributed by atoms with Gasteiger partial charge in [-0.1, -0.05) is 19.8 Å². The highest BCUT2D eigenvalue weighted by molar-refractivity contribution is 5.82. The smallest absolute Gasteiger partial charge is 0.228 e. The molecule has 1 unspecified atom stereocenters. The second-order valence-corrected chi connectivity index (χ2v) is 5.33. The maximum atomic E-state index is 12.4. The Morgan fingerprint density at radius 1 is 1.44 bits per heavy atom. The van der Waals surface area contributed by atoms with E-state index >= 15 is 0 Å². The highest BCUT2D eigenvalue weighted by Gasteiger charge is 2.40. The van der Waals surface area contributed by atoms with Gasteiger partial charge in [0.1, 0.15) is 0 Å². The van der Waals surface area contributed by atoms with Crippen molar-refractivity contribution < 1.29 is 4.79 Å². The van der Waals surface area contributed by atoms with Crippen molar-refractivity contribution >= 4 is 5.91 Å². The molecule has 1 atom stereocenters. The number of carbonyl (C=O) groups is 1. The monoisotopic (exact) mass is 226 g/mol. The minimum absolute atomic E-state index is 0.0490. The zero-order valence-corrected chi connectivity index (χ0v) is 11.0. The van der Waals surface area contributed by atoms with Crippen LogP contribution in [0.3, 0.4) is 0 Å². The summed E-state index contributed by atoms with van der Waals surface area (Å²) in [5.41, 5.74) is 5.67. The fraction of sp³-hybridized carbons (Fsp3) is 0.923. The number of hydrogen-bond acceptors (Lipinski definition) is 2. The third-order valence-electron chi connectivity index (χ3n) is 3.96. The van der Waals surface area contributed by atoms with E-state index < -0.39 is 0 Å². The lowest BCUT2D eigenvalue weighted by atomic mass is 9.82. The Kier molecular flexibility index (Phi) is 4.78. The summed E-state index contributed by atoms with van der Waals surface area (Å²) < 4.78 is 0. The number of nitrogens with zero attached hydrogens (tertiary/aromatic N) is 1. The molecule has 0 bridgehead atoms. The molecule has 0 saturated heterocycles. The normalized spacial score (nSPS) is 20.8. The largest absolute Gasteiger partial charge is 0.345 e. The molecule has 1 fully saturated rings. The first-order valence-corrected chi connectivity index (χ1v) is 6.53. The molecule has 2 N–H and O–H groups in total. The Bertz CT molecular complexity index is 232. The maximum absolute atomic E-state index is 12.4. The Labute approximate surface area is 99.4 Å². The Morgan fingerprint density at radius 2 is 2.00 bits per heavy atom. The van der Waals surface area contributed by atoms with Crippen LogP contribution in [0.2, 0.25) is 0 Å². The molecule has 1 aliphatic carbocycles. The Hall–Kier alpha value is -0.570. The molecule has 1 aliphatic rings. The Balaban J connectivity index is 2.54. The van der Waals surface area contributed by atoms with Gasteiger partial charge in [0.15, 0.2) is 0 Å². The number of amides is 1. The first-order valence-electron chi connectivity index (χ1n) is 6.53. The van der Waals surface area contributed by atoms with Crippen LogP contribution in [0.5, 0.6) is 0 Å². The lowest BCUT2D eigenvalue weighted by Gasteiger charge is -2.31. The molecule has 1 saturated carbocycles. The molecule has 0 aromatic heterocycles. The highest BCUT2D eigenvalue weighted by Crippen LogP contribution is 2.42. The summed E-state index contributed by atoms with van der Waals surface area (Å²) in [7, 11) is 1.92. The molecule has 0 spiro atoms.